The van der Waals surface area contributed by atoms with E-state index in [2.05, 4.69) is 32.0 Å². The quantitative estimate of drug-likeness (QED) is 0.839. The number of hydrogen-bond acceptors (Lipinski definition) is 2. The van der Waals surface area contributed by atoms with Gasteiger partial charge in [-0.15, -0.1) is 0 Å². The highest BCUT2D eigenvalue weighted by Crippen LogP contribution is 2.43. The van der Waals surface area contributed by atoms with Crippen LogP contribution in [0.25, 0.3) is 0 Å². The lowest BCUT2D eigenvalue weighted by molar-refractivity contribution is -0.116. The zero-order valence-corrected chi connectivity index (χ0v) is 13.5. The fraction of sp³-hybridized carbons (Fsp3) is 0.316. The smallest absolute Gasteiger partial charge is 0.224 e. The van der Waals surface area contributed by atoms with Crippen molar-refractivity contribution in [2.45, 2.75) is 33.2 Å². The number of methoxy groups -OCH3 is 1. The summed E-state index contributed by atoms with van der Waals surface area (Å²) in [7, 11) is 1.68. The van der Waals surface area contributed by atoms with Crippen molar-refractivity contribution >= 4 is 11.6 Å². The van der Waals surface area contributed by atoms with Crippen LogP contribution in [0.4, 0.5) is 5.69 Å². The molecule has 1 amide bonds. The first-order valence-corrected chi connectivity index (χ1v) is 7.55. The average Bonchev–Trinajstić information content (AvgIpc) is 2.85. The Morgan fingerprint density at radius 3 is 2.50 bits per heavy atom. The molecule has 1 aliphatic heterocycles. The minimum absolute atomic E-state index is 0.00384. The zero-order chi connectivity index (χ0) is 15.9. The number of nitrogens with zero attached hydrogens (tertiary/aromatic N) is 1. The molecule has 0 spiro atoms. The summed E-state index contributed by atoms with van der Waals surface area (Å²) in [6.45, 7) is 5.77. The number of fused-ring (bicyclic) bond motifs is 1. The predicted octanol–water partition coefficient (Wildman–Crippen LogP) is 3.96. The van der Waals surface area contributed by atoms with E-state index in [-0.39, 0.29) is 11.9 Å². The van der Waals surface area contributed by atoms with Gasteiger partial charge in [0, 0.05) is 18.2 Å². The number of hydrogen-bond donors (Lipinski definition) is 0. The third-order valence-corrected chi connectivity index (χ3v) is 4.30. The first-order chi connectivity index (χ1) is 10.5. The second-order valence-electron chi connectivity index (χ2n) is 5.99. The van der Waals surface area contributed by atoms with Gasteiger partial charge in [-0.25, -0.2) is 0 Å². The van der Waals surface area contributed by atoms with E-state index >= 15 is 0 Å². The van der Waals surface area contributed by atoms with Crippen LogP contribution in [0.5, 0.6) is 5.75 Å². The van der Waals surface area contributed by atoms with Crippen LogP contribution >= 0.6 is 0 Å². The molecule has 2 aromatic carbocycles. The molecule has 2 aromatic rings. The number of carbonyl (C=O) groups excluding carboxylic acids is 1. The van der Waals surface area contributed by atoms with Crippen LogP contribution in [0.15, 0.2) is 36.4 Å². The van der Waals surface area contributed by atoms with Crippen LogP contribution in [-0.4, -0.2) is 13.0 Å². The van der Waals surface area contributed by atoms with Crippen molar-refractivity contribution in [1.29, 1.82) is 0 Å². The SMILES string of the molecule is COc1ccc(C)cc1C1Cc2cc(C)ccc2N1C(C)=O. The Kier molecular flexibility index (Phi) is 3.65. The van der Waals surface area contributed by atoms with Crippen LogP contribution in [0.2, 0.25) is 0 Å². The Morgan fingerprint density at radius 2 is 1.82 bits per heavy atom. The molecule has 0 aliphatic carbocycles. The third kappa shape index (κ3) is 2.37. The molecule has 1 atom stereocenters. The fourth-order valence-electron chi connectivity index (χ4n) is 3.33. The van der Waals surface area contributed by atoms with Gasteiger partial charge in [-0.2, -0.15) is 0 Å². The first kappa shape index (κ1) is 14.6. The molecule has 0 fully saturated rings. The number of amides is 1. The summed E-state index contributed by atoms with van der Waals surface area (Å²) in [5.41, 5.74) is 5.72. The number of ether oxygens (including phenoxy) is 1. The second-order valence-corrected chi connectivity index (χ2v) is 5.99. The van der Waals surface area contributed by atoms with Crippen LogP contribution < -0.4 is 9.64 Å². The topological polar surface area (TPSA) is 29.5 Å². The second kappa shape index (κ2) is 5.48. The monoisotopic (exact) mass is 295 g/mol. The minimum atomic E-state index is 0.00384. The summed E-state index contributed by atoms with van der Waals surface area (Å²) < 4.78 is 5.53. The molecule has 22 heavy (non-hydrogen) atoms. The Morgan fingerprint density at radius 1 is 1.14 bits per heavy atom. The van der Waals surface area contributed by atoms with E-state index in [1.165, 1.54) is 16.7 Å². The fourth-order valence-corrected chi connectivity index (χ4v) is 3.33. The molecule has 0 saturated heterocycles. The van der Waals surface area contributed by atoms with Gasteiger partial charge in [-0.1, -0.05) is 35.4 Å². The van der Waals surface area contributed by atoms with Gasteiger partial charge in [0.1, 0.15) is 5.75 Å². The zero-order valence-electron chi connectivity index (χ0n) is 13.5. The molecule has 3 heteroatoms. The molecule has 0 radical (unpaired) electrons. The van der Waals surface area contributed by atoms with E-state index in [1.54, 1.807) is 14.0 Å². The van der Waals surface area contributed by atoms with Crippen molar-refractivity contribution in [2.24, 2.45) is 0 Å². The standard InChI is InChI=1S/C19H21NO2/c1-12-5-7-17-15(9-12)11-18(20(17)14(3)21)16-10-13(2)6-8-19(16)22-4/h5-10,18H,11H2,1-4H3. The van der Waals surface area contributed by atoms with E-state index < -0.39 is 0 Å². The van der Waals surface area contributed by atoms with E-state index in [0.717, 1.165) is 23.4 Å². The summed E-state index contributed by atoms with van der Waals surface area (Å²) in [5.74, 6) is 0.905. The van der Waals surface area contributed by atoms with Crippen LogP contribution in [0.3, 0.4) is 0 Å². The van der Waals surface area contributed by atoms with Gasteiger partial charge in [0.2, 0.25) is 5.91 Å². The third-order valence-electron chi connectivity index (χ3n) is 4.30. The normalized spacial score (nSPS) is 16.5. The lowest BCUT2D eigenvalue weighted by Crippen LogP contribution is -2.30. The van der Waals surface area contributed by atoms with Crippen molar-refractivity contribution in [3.05, 3.63) is 58.7 Å². The highest BCUT2D eigenvalue weighted by atomic mass is 16.5. The summed E-state index contributed by atoms with van der Waals surface area (Å²) in [5, 5.41) is 0. The Hall–Kier alpha value is -2.29. The molecule has 0 bridgehead atoms. The number of anilines is 1. The molecule has 3 nitrogen and oxygen atoms in total. The molecule has 0 N–H and O–H groups in total. The number of rotatable bonds is 2. The van der Waals surface area contributed by atoms with Crippen LogP contribution in [-0.2, 0) is 11.2 Å². The van der Waals surface area contributed by atoms with Gasteiger partial charge in [0.15, 0.2) is 0 Å². The summed E-state index contributed by atoms with van der Waals surface area (Å²) in [6.07, 6.45) is 0.830. The highest BCUT2D eigenvalue weighted by Gasteiger charge is 2.34. The van der Waals surface area contributed by atoms with Crippen molar-refractivity contribution in [3.63, 3.8) is 0 Å². The van der Waals surface area contributed by atoms with Crippen molar-refractivity contribution in [3.8, 4) is 5.75 Å². The van der Waals surface area contributed by atoms with Gasteiger partial charge >= 0.3 is 0 Å². The van der Waals surface area contributed by atoms with Gasteiger partial charge in [-0.3, -0.25) is 4.79 Å². The molecule has 0 saturated carbocycles. The maximum atomic E-state index is 12.2. The van der Waals surface area contributed by atoms with Gasteiger partial charge < -0.3 is 9.64 Å². The lowest BCUT2D eigenvalue weighted by atomic mass is 9.99. The van der Waals surface area contributed by atoms with Crippen LogP contribution in [0.1, 0.15) is 35.2 Å². The highest BCUT2D eigenvalue weighted by molar-refractivity contribution is 5.95. The Balaban J connectivity index is 2.12. The maximum absolute atomic E-state index is 12.2. The van der Waals surface area contributed by atoms with E-state index in [9.17, 15) is 4.79 Å². The van der Waals surface area contributed by atoms with Crippen molar-refractivity contribution in [2.75, 3.05) is 12.0 Å². The summed E-state index contributed by atoms with van der Waals surface area (Å²) in [6, 6.07) is 12.4. The number of aryl methyl sites for hydroxylation is 2. The summed E-state index contributed by atoms with van der Waals surface area (Å²) >= 11 is 0. The van der Waals surface area contributed by atoms with E-state index in [1.807, 2.05) is 23.1 Å². The van der Waals surface area contributed by atoms with E-state index in [0.29, 0.717) is 0 Å². The molecule has 114 valence electrons. The Labute approximate surface area is 131 Å². The Bertz CT molecular complexity index is 736. The minimum Gasteiger partial charge on any atom is -0.496 e. The van der Waals surface area contributed by atoms with Gasteiger partial charge in [-0.05, 0) is 38.0 Å². The van der Waals surface area contributed by atoms with Crippen molar-refractivity contribution < 1.29 is 9.53 Å². The largest absolute Gasteiger partial charge is 0.496 e. The lowest BCUT2D eigenvalue weighted by Gasteiger charge is -2.26. The van der Waals surface area contributed by atoms with Gasteiger partial charge in [0.05, 0.1) is 13.2 Å². The van der Waals surface area contributed by atoms with Gasteiger partial charge in [0.25, 0.3) is 0 Å². The molecule has 1 heterocycles. The summed E-state index contributed by atoms with van der Waals surface area (Å²) in [4.78, 5) is 14.1. The molecular weight excluding hydrogens is 274 g/mol. The molecular formula is C19H21NO2. The van der Waals surface area contributed by atoms with E-state index in [4.69, 9.17) is 4.74 Å². The average molecular weight is 295 g/mol. The van der Waals surface area contributed by atoms with Crippen molar-refractivity contribution in [1.82, 2.24) is 0 Å². The number of benzene rings is 2. The maximum Gasteiger partial charge on any atom is 0.224 e. The van der Waals surface area contributed by atoms with Crippen LogP contribution in [0, 0.1) is 13.8 Å². The first-order valence-electron chi connectivity index (χ1n) is 7.55. The molecule has 1 aliphatic rings. The predicted molar refractivity (Wildman–Crippen MR) is 88.5 cm³/mol. The number of carbonyl (C=O) groups is 1. The molecule has 1 unspecified atom stereocenters. The molecule has 3 rings (SSSR count). The molecule has 0 aromatic heterocycles.